The van der Waals surface area contributed by atoms with Crippen molar-refractivity contribution in [3.05, 3.63) is 47.0 Å². The molecule has 3 N–H and O–H groups in total. The number of aryl methyl sites for hydroxylation is 2. The molecule has 112 valence electrons. The topological polar surface area (TPSA) is 99.3 Å². The molecule has 1 aromatic carbocycles. The third-order valence-corrected chi connectivity index (χ3v) is 4.17. The molecule has 21 heavy (non-hydrogen) atoms. The minimum Gasteiger partial charge on any atom is -0.477 e. The Morgan fingerprint density at radius 3 is 2.57 bits per heavy atom. The zero-order chi connectivity index (χ0) is 15.8. The molecule has 0 unspecified atom stereocenters. The van der Waals surface area contributed by atoms with Gasteiger partial charge in [0, 0.05) is 5.69 Å². The zero-order valence-electron chi connectivity index (χ0n) is 11.3. The summed E-state index contributed by atoms with van der Waals surface area (Å²) in [4.78, 5) is 13.0. The molecule has 0 saturated carbocycles. The molecule has 0 aliphatic carbocycles. The normalized spacial score (nSPS) is 11.4. The van der Waals surface area contributed by atoms with Gasteiger partial charge in [-0.05, 0) is 37.6 Å². The standard InChI is InChI=1S/C13H13FN2O4S/c1-7-3-4-9(14)11(5-7)21(19,20)16-10-6-8(2)15-12(10)13(17)18/h3-6,15-16H,1-2H3,(H,17,18). The molecule has 0 fully saturated rings. The Morgan fingerprint density at radius 1 is 1.29 bits per heavy atom. The number of carboxylic acid groups (broad SMARTS) is 1. The Labute approximate surface area is 120 Å². The first-order valence-corrected chi connectivity index (χ1v) is 7.41. The molecule has 2 aromatic rings. The van der Waals surface area contributed by atoms with Crippen molar-refractivity contribution in [2.45, 2.75) is 18.7 Å². The number of carbonyl (C=O) groups is 1. The number of hydrogen-bond donors (Lipinski definition) is 3. The van der Waals surface area contributed by atoms with E-state index in [0.29, 0.717) is 11.3 Å². The van der Waals surface area contributed by atoms with Crippen LogP contribution in [0, 0.1) is 19.7 Å². The maximum Gasteiger partial charge on any atom is 0.354 e. The fourth-order valence-electron chi connectivity index (χ4n) is 1.85. The maximum atomic E-state index is 13.7. The van der Waals surface area contributed by atoms with E-state index in [1.54, 1.807) is 13.8 Å². The molecule has 0 atom stereocenters. The summed E-state index contributed by atoms with van der Waals surface area (Å²) in [7, 11) is -4.22. The highest BCUT2D eigenvalue weighted by atomic mass is 32.2. The molecule has 1 heterocycles. The minimum absolute atomic E-state index is 0.138. The SMILES string of the molecule is Cc1ccc(F)c(S(=O)(=O)Nc2cc(C)[nH]c2C(=O)O)c1. The Morgan fingerprint density at radius 2 is 1.95 bits per heavy atom. The van der Waals surface area contributed by atoms with Gasteiger partial charge in [0.15, 0.2) is 0 Å². The maximum absolute atomic E-state index is 13.7. The first kappa shape index (κ1) is 15.0. The predicted octanol–water partition coefficient (Wildman–Crippen LogP) is 2.27. The van der Waals surface area contributed by atoms with E-state index in [0.717, 1.165) is 6.07 Å². The molecule has 0 aliphatic heterocycles. The Kier molecular flexibility index (Phi) is 3.73. The van der Waals surface area contributed by atoms with Crippen LogP contribution in [-0.2, 0) is 10.0 Å². The van der Waals surface area contributed by atoms with Crippen LogP contribution >= 0.6 is 0 Å². The lowest BCUT2D eigenvalue weighted by molar-refractivity contribution is 0.0692. The molecule has 0 spiro atoms. The number of carboxylic acids is 1. The summed E-state index contributed by atoms with van der Waals surface area (Å²) in [5.41, 5.74) is 0.598. The molecule has 2 rings (SSSR count). The summed E-state index contributed by atoms with van der Waals surface area (Å²) in [6, 6.07) is 4.99. The molecule has 6 nitrogen and oxygen atoms in total. The highest BCUT2D eigenvalue weighted by Crippen LogP contribution is 2.23. The van der Waals surface area contributed by atoms with Gasteiger partial charge in [-0.1, -0.05) is 6.07 Å². The number of nitrogens with one attached hydrogen (secondary N) is 2. The molecule has 0 saturated heterocycles. The van der Waals surface area contributed by atoms with Crippen LogP contribution in [0.15, 0.2) is 29.2 Å². The van der Waals surface area contributed by atoms with Crippen LogP contribution in [0.25, 0.3) is 0 Å². The van der Waals surface area contributed by atoms with Gasteiger partial charge in [0.1, 0.15) is 16.4 Å². The second-order valence-electron chi connectivity index (χ2n) is 4.59. The highest BCUT2D eigenvalue weighted by Gasteiger charge is 2.23. The van der Waals surface area contributed by atoms with Gasteiger partial charge in [0.25, 0.3) is 10.0 Å². The van der Waals surface area contributed by atoms with E-state index in [2.05, 4.69) is 9.71 Å². The lowest BCUT2D eigenvalue weighted by Crippen LogP contribution is -2.16. The predicted molar refractivity (Wildman–Crippen MR) is 74.4 cm³/mol. The van der Waals surface area contributed by atoms with Crippen molar-refractivity contribution >= 4 is 21.7 Å². The van der Waals surface area contributed by atoms with Crippen molar-refractivity contribution in [2.24, 2.45) is 0 Å². The van der Waals surface area contributed by atoms with E-state index >= 15 is 0 Å². The summed E-state index contributed by atoms with van der Waals surface area (Å²) in [6.45, 7) is 3.21. The van der Waals surface area contributed by atoms with Crippen LogP contribution in [0.1, 0.15) is 21.7 Å². The molecule has 0 amide bonds. The monoisotopic (exact) mass is 312 g/mol. The number of aromatic amines is 1. The number of benzene rings is 1. The highest BCUT2D eigenvalue weighted by molar-refractivity contribution is 7.92. The van der Waals surface area contributed by atoms with Crippen molar-refractivity contribution < 1.29 is 22.7 Å². The van der Waals surface area contributed by atoms with Crippen molar-refractivity contribution in [1.82, 2.24) is 4.98 Å². The Bertz CT molecular complexity index is 812. The molecular formula is C13H13FN2O4S. The summed E-state index contributed by atoms with van der Waals surface area (Å²) >= 11 is 0. The van der Waals surface area contributed by atoms with Crippen molar-refractivity contribution in [2.75, 3.05) is 4.72 Å². The van der Waals surface area contributed by atoms with Gasteiger partial charge in [-0.15, -0.1) is 0 Å². The Balaban J connectivity index is 2.47. The second-order valence-corrected chi connectivity index (χ2v) is 6.24. The van der Waals surface area contributed by atoms with Crippen LogP contribution in [0.4, 0.5) is 10.1 Å². The van der Waals surface area contributed by atoms with Crippen molar-refractivity contribution in [3.63, 3.8) is 0 Å². The quantitative estimate of drug-likeness (QED) is 0.806. The van der Waals surface area contributed by atoms with Gasteiger partial charge in [-0.2, -0.15) is 0 Å². The van der Waals surface area contributed by atoms with Gasteiger partial charge in [-0.25, -0.2) is 17.6 Å². The molecule has 0 radical (unpaired) electrons. The lowest BCUT2D eigenvalue weighted by Gasteiger charge is -2.09. The van der Waals surface area contributed by atoms with E-state index < -0.39 is 26.7 Å². The fraction of sp³-hybridized carbons (Fsp3) is 0.154. The van der Waals surface area contributed by atoms with Crippen LogP contribution in [0.5, 0.6) is 0 Å². The molecular weight excluding hydrogens is 299 g/mol. The minimum atomic E-state index is -4.22. The van der Waals surface area contributed by atoms with Gasteiger partial charge < -0.3 is 10.1 Å². The summed E-state index contributed by atoms with van der Waals surface area (Å²) in [5, 5.41) is 9.00. The van der Waals surface area contributed by atoms with Gasteiger partial charge in [0.05, 0.1) is 5.69 Å². The fourth-order valence-corrected chi connectivity index (χ4v) is 3.08. The summed E-state index contributed by atoms with van der Waals surface area (Å²) in [5.74, 6) is -2.22. The number of halogens is 1. The van der Waals surface area contributed by atoms with Crippen LogP contribution in [-0.4, -0.2) is 24.5 Å². The third-order valence-electron chi connectivity index (χ3n) is 2.79. The van der Waals surface area contributed by atoms with E-state index in [1.165, 1.54) is 18.2 Å². The molecule has 0 bridgehead atoms. The number of rotatable bonds is 4. The van der Waals surface area contributed by atoms with E-state index in [-0.39, 0.29) is 11.4 Å². The smallest absolute Gasteiger partial charge is 0.354 e. The largest absolute Gasteiger partial charge is 0.477 e. The number of aromatic nitrogens is 1. The first-order chi connectivity index (χ1) is 9.70. The van der Waals surface area contributed by atoms with E-state index in [9.17, 15) is 17.6 Å². The summed E-state index contributed by atoms with van der Waals surface area (Å²) < 4.78 is 40.2. The lowest BCUT2D eigenvalue weighted by atomic mass is 10.2. The van der Waals surface area contributed by atoms with Crippen molar-refractivity contribution in [3.8, 4) is 0 Å². The van der Waals surface area contributed by atoms with E-state index in [1.807, 2.05) is 0 Å². The third kappa shape index (κ3) is 3.05. The number of aromatic carboxylic acids is 1. The average molecular weight is 312 g/mol. The van der Waals surface area contributed by atoms with Crippen LogP contribution in [0.3, 0.4) is 0 Å². The van der Waals surface area contributed by atoms with Gasteiger partial charge in [0.2, 0.25) is 0 Å². The molecule has 0 aliphatic rings. The van der Waals surface area contributed by atoms with Gasteiger partial charge in [-0.3, -0.25) is 4.72 Å². The van der Waals surface area contributed by atoms with Crippen LogP contribution < -0.4 is 4.72 Å². The number of anilines is 1. The molecule has 1 aromatic heterocycles. The first-order valence-electron chi connectivity index (χ1n) is 5.92. The summed E-state index contributed by atoms with van der Waals surface area (Å²) in [6.07, 6.45) is 0. The van der Waals surface area contributed by atoms with Crippen LogP contribution in [0.2, 0.25) is 0 Å². The number of hydrogen-bond acceptors (Lipinski definition) is 3. The number of sulfonamides is 1. The van der Waals surface area contributed by atoms with Gasteiger partial charge >= 0.3 is 5.97 Å². The molecule has 8 heteroatoms. The van der Waals surface area contributed by atoms with E-state index in [4.69, 9.17) is 5.11 Å². The average Bonchev–Trinajstić information content (AvgIpc) is 2.72. The zero-order valence-corrected chi connectivity index (χ0v) is 12.1. The second kappa shape index (κ2) is 5.21. The number of H-pyrrole nitrogens is 1. The Hall–Kier alpha value is -2.35. The van der Waals surface area contributed by atoms with Crippen molar-refractivity contribution in [1.29, 1.82) is 0 Å².